The van der Waals surface area contributed by atoms with Crippen molar-refractivity contribution in [3.8, 4) is 0 Å². The van der Waals surface area contributed by atoms with Gasteiger partial charge in [0.2, 0.25) is 5.91 Å². The van der Waals surface area contributed by atoms with Crippen molar-refractivity contribution < 1.29 is 14.4 Å². The number of halogens is 1. The van der Waals surface area contributed by atoms with Gasteiger partial charge in [-0.05, 0) is 61.4 Å². The Hall–Kier alpha value is -2.86. The fourth-order valence-electron chi connectivity index (χ4n) is 2.21. The standard InChI is InChI=1S/C18H18ClN3O3/c1-11-7-12(2)9-15(8-11)22-18(25)17(24)20-10-16(23)21-14-5-3-13(19)4-6-14/h3-9H,10H2,1-2H3,(H,20,24)(H,21,23)(H,22,25). The Morgan fingerprint density at radius 3 is 2.04 bits per heavy atom. The molecule has 130 valence electrons. The first-order chi connectivity index (χ1) is 11.8. The molecular formula is C18H18ClN3O3. The molecule has 0 aromatic heterocycles. The maximum absolute atomic E-state index is 11.9. The van der Waals surface area contributed by atoms with Crippen molar-refractivity contribution in [2.75, 3.05) is 17.2 Å². The van der Waals surface area contributed by atoms with Gasteiger partial charge in [0.25, 0.3) is 0 Å². The zero-order valence-corrected chi connectivity index (χ0v) is 14.6. The molecule has 3 amide bonds. The van der Waals surface area contributed by atoms with Gasteiger partial charge in [-0.1, -0.05) is 17.7 Å². The average Bonchev–Trinajstić information content (AvgIpc) is 2.53. The van der Waals surface area contributed by atoms with Crippen LogP contribution in [-0.2, 0) is 14.4 Å². The number of hydrogen-bond acceptors (Lipinski definition) is 3. The maximum atomic E-state index is 11.9. The molecule has 2 aromatic carbocycles. The van der Waals surface area contributed by atoms with E-state index < -0.39 is 17.7 Å². The largest absolute Gasteiger partial charge is 0.339 e. The molecule has 6 nitrogen and oxygen atoms in total. The Morgan fingerprint density at radius 2 is 1.44 bits per heavy atom. The Bertz CT molecular complexity index is 783. The monoisotopic (exact) mass is 359 g/mol. The summed E-state index contributed by atoms with van der Waals surface area (Å²) in [6.45, 7) is 3.47. The first-order valence-electron chi connectivity index (χ1n) is 7.56. The van der Waals surface area contributed by atoms with Gasteiger partial charge in [0, 0.05) is 16.4 Å². The van der Waals surface area contributed by atoms with Crippen LogP contribution in [0.1, 0.15) is 11.1 Å². The second-order valence-electron chi connectivity index (χ2n) is 5.57. The van der Waals surface area contributed by atoms with E-state index in [4.69, 9.17) is 11.6 Å². The summed E-state index contributed by atoms with van der Waals surface area (Å²) < 4.78 is 0. The molecule has 0 saturated heterocycles. The SMILES string of the molecule is Cc1cc(C)cc(NC(=O)C(=O)NCC(=O)Nc2ccc(Cl)cc2)c1. The highest BCUT2D eigenvalue weighted by molar-refractivity contribution is 6.40. The first-order valence-corrected chi connectivity index (χ1v) is 7.94. The van der Waals surface area contributed by atoms with Gasteiger partial charge in [-0.15, -0.1) is 0 Å². The third kappa shape index (κ3) is 5.93. The molecule has 0 saturated carbocycles. The molecule has 0 radical (unpaired) electrons. The summed E-state index contributed by atoms with van der Waals surface area (Å²) in [5.41, 5.74) is 3.02. The number of rotatable bonds is 4. The Kier molecular flexibility index (Phi) is 6.14. The second-order valence-corrected chi connectivity index (χ2v) is 6.00. The third-order valence-corrected chi connectivity index (χ3v) is 3.48. The number of nitrogens with one attached hydrogen (secondary N) is 3. The maximum Gasteiger partial charge on any atom is 0.313 e. The number of carbonyl (C=O) groups is 3. The minimum Gasteiger partial charge on any atom is -0.339 e. The minimum atomic E-state index is -0.884. The molecule has 0 spiro atoms. The molecule has 25 heavy (non-hydrogen) atoms. The van der Waals surface area contributed by atoms with E-state index in [2.05, 4.69) is 16.0 Å². The van der Waals surface area contributed by atoms with Crippen LogP contribution in [-0.4, -0.2) is 24.3 Å². The molecule has 7 heteroatoms. The van der Waals surface area contributed by atoms with Crippen LogP contribution in [0.4, 0.5) is 11.4 Å². The first kappa shape index (κ1) is 18.5. The summed E-state index contributed by atoms with van der Waals surface area (Å²) >= 11 is 5.76. The molecule has 2 rings (SSSR count). The molecule has 0 aliphatic carbocycles. The van der Waals surface area contributed by atoms with Crippen LogP contribution < -0.4 is 16.0 Å². The van der Waals surface area contributed by atoms with Gasteiger partial charge < -0.3 is 16.0 Å². The molecule has 0 aliphatic rings. The highest BCUT2D eigenvalue weighted by Crippen LogP contribution is 2.14. The van der Waals surface area contributed by atoms with E-state index in [9.17, 15) is 14.4 Å². The van der Waals surface area contributed by atoms with Gasteiger partial charge in [0.15, 0.2) is 0 Å². The molecule has 0 bridgehead atoms. The van der Waals surface area contributed by atoms with Crippen molar-refractivity contribution in [3.05, 3.63) is 58.6 Å². The van der Waals surface area contributed by atoms with Crippen LogP contribution in [0.5, 0.6) is 0 Å². The molecule has 0 unspecified atom stereocenters. The van der Waals surface area contributed by atoms with Crippen LogP contribution in [0.3, 0.4) is 0 Å². The number of benzene rings is 2. The number of amides is 3. The molecule has 3 N–H and O–H groups in total. The van der Waals surface area contributed by atoms with Gasteiger partial charge in [0.05, 0.1) is 6.54 Å². The van der Waals surface area contributed by atoms with E-state index in [1.54, 1.807) is 36.4 Å². The van der Waals surface area contributed by atoms with Crippen molar-refractivity contribution in [1.29, 1.82) is 0 Å². The quantitative estimate of drug-likeness (QED) is 0.733. The second kappa shape index (κ2) is 8.30. The third-order valence-electron chi connectivity index (χ3n) is 3.22. The van der Waals surface area contributed by atoms with Gasteiger partial charge in [0.1, 0.15) is 0 Å². The van der Waals surface area contributed by atoms with Gasteiger partial charge in [-0.2, -0.15) is 0 Å². The summed E-state index contributed by atoms with van der Waals surface area (Å²) in [7, 11) is 0. The van der Waals surface area contributed by atoms with Gasteiger partial charge in [-0.3, -0.25) is 14.4 Å². The molecule has 0 atom stereocenters. The summed E-state index contributed by atoms with van der Waals surface area (Å²) in [5.74, 6) is -2.16. The van der Waals surface area contributed by atoms with Crippen LogP contribution in [0.15, 0.2) is 42.5 Å². The summed E-state index contributed by atoms with van der Waals surface area (Å²) in [4.78, 5) is 35.5. The lowest BCUT2D eigenvalue weighted by atomic mass is 10.1. The Morgan fingerprint density at radius 1 is 0.840 bits per heavy atom. The molecule has 0 fully saturated rings. The van der Waals surface area contributed by atoms with E-state index in [-0.39, 0.29) is 6.54 Å². The Balaban J connectivity index is 1.83. The van der Waals surface area contributed by atoms with Crippen LogP contribution in [0, 0.1) is 13.8 Å². The lowest BCUT2D eigenvalue weighted by Gasteiger charge is -2.09. The molecular weight excluding hydrogens is 342 g/mol. The summed E-state index contributed by atoms with van der Waals surface area (Å²) in [6, 6.07) is 12.0. The van der Waals surface area contributed by atoms with Gasteiger partial charge >= 0.3 is 11.8 Å². The predicted molar refractivity (Wildman–Crippen MR) is 97.6 cm³/mol. The smallest absolute Gasteiger partial charge is 0.313 e. The fraction of sp³-hybridized carbons (Fsp3) is 0.167. The van der Waals surface area contributed by atoms with Crippen molar-refractivity contribution in [2.45, 2.75) is 13.8 Å². The zero-order valence-electron chi connectivity index (χ0n) is 13.9. The van der Waals surface area contributed by atoms with Crippen LogP contribution >= 0.6 is 11.6 Å². The zero-order chi connectivity index (χ0) is 18.4. The number of carbonyl (C=O) groups excluding carboxylic acids is 3. The van der Waals surface area contributed by atoms with Crippen LogP contribution in [0.2, 0.25) is 5.02 Å². The molecule has 0 aliphatic heterocycles. The number of hydrogen-bond donors (Lipinski definition) is 3. The fourth-order valence-corrected chi connectivity index (χ4v) is 2.34. The topological polar surface area (TPSA) is 87.3 Å². The average molecular weight is 360 g/mol. The molecule has 0 heterocycles. The van der Waals surface area contributed by atoms with E-state index in [0.717, 1.165) is 11.1 Å². The Labute approximate surface area is 150 Å². The van der Waals surface area contributed by atoms with Crippen molar-refractivity contribution in [2.24, 2.45) is 0 Å². The minimum absolute atomic E-state index is 0.318. The van der Waals surface area contributed by atoms with Crippen molar-refractivity contribution in [3.63, 3.8) is 0 Å². The lowest BCUT2D eigenvalue weighted by Crippen LogP contribution is -2.39. The van der Waals surface area contributed by atoms with E-state index >= 15 is 0 Å². The van der Waals surface area contributed by atoms with E-state index in [1.807, 2.05) is 19.9 Å². The number of aryl methyl sites for hydroxylation is 2. The summed E-state index contributed by atoms with van der Waals surface area (Å²) in [6.07, 6.45) is 0. The van der Waals surface area contributed by atoms with Gasteiger partial charge in [-0.25, -0.2) is 0 Å². The predicted octanol–water partition coefficient (Wildman–Crippen LogP) is 2.65. The normalized spacial score (nSPS) is 10.0. The summed E-state index contributed by atoms with van der Waals surface area (Å²) in [5, 5.41) is 7.91. The van der Waals surface area contributed by atoms with E-state index in [0.29, 0.717) is 16.4 Å². The van der Waals surface area contributed by atoms with E-state index in [1.165, 1.54) is 0 Å². The highest BCUT2D eigenvalue weighted by atomic mass is 35.5. The molecule has 2 aromatic rings. The van der Waals surface area contributed by atoms with Crippen molar-refractivity contribution in [1.82, 2.24) is 5.32 Å². The number of anilines is 2. The highest BCUT2D eigenvalue weighted by Gasteiger charge is 2.15. The lowest BCUT2D eigenvalue weighted by molar-refractivity contribution is -0.136. The van der Waals surface area contributed by atoms with Crippen LogP contribution in [0.25, 0.3) is 0 Å². The van der Waals surface area contributed by atoms with Crippen molar-refractivity contribution >= 4 is 40.7 Å².